The second-order valence-corrected chi connectivity index (χ2v) is 7.10. The molecule has 0 radical (unpaired) electrons. The van der Waals surface area contributed by atoms with E-state index < -0.39 is 0 Å². The fourth-order valence-corrected chi connectivity index (χ4v) is 3.18. The first kappa shape index (κ1) is 18.4. The van der Waals surface area contributed by atoms with Gasteiger partial charge < -0.3 is 4.74 Å². The third-order valence-corrected chi connectivity index (χ3v) is 4.74. The Bertz CT molecular complexity index is 888. The molecular weight excluding hydrogens is 388 g/mol. The third-order valence-electron chi connectivity index (χ3n) is 4.24. The fraction of sp³-hybridized carbons (Fsp3) is 0.174. The lowest BCUT2D eigenvalue weighted by Crippen LogP contribution is -2.07. The molecule has 0 heterocycles. The maximum absolute atomic E-state index is 12.9. The van der Waals surface area contributed by atoms with Crippen LogP contribution in [0.3, 0.4) is 0 Å². The molecule has 0 aliphatic rings. The highest BCUT2D eigenvalue weighted by Crippen LogP contribution is 2.26. The van der Waals surface area contributed by atoms with Crippen LogP contribution in [0.2, 0.25) is 0 Å². The summed E-state index contributed by atoms with van der Waals surface area (Å²) in [7, 11) is 0. The molecule has 0 atom stereocenters. The van der Waals surface area contributed by atoms with Crippen LogP contribution in [0.15, 0.2) is 77.3 Å². The predicted octanol–water partition coefficient (Wildman–Crippen LogP) is 6.02. The average molecular weight is 409 g/mol. The topological polar surface area (TPSA) is 26.3 Å². The number of hydrogen-bond acceptors (Lipinski definition) is 2. The summed E-state index contributed by atoms with van der Waals surface area (Å²) in [6.45, 7) is 2.55. The number of hydrogen-bond donors (Lipinski definition) is 0. The van der Waals surface area contributed by atoms with Crippen molar-refractivity contribution < 1.29 is 9.53 Å². The standard InChI is InChI=1S/C23H21BrO2/c1-2-17-9-6-10-19(13-17)14-22(25)21-15-20(24)11-12-23(21)26-16-18-7-4-3-5-8-18/h3-13,15H,2,14,16H2,1H3. The molecule has 0 aliphatic carbocycles. The Kier molecular flexibility index (Phi) is 6.24. The van der Waals surface area contributed by atoms with E-state index in [0.29, 0.717) is 24.3 Å². The SMILES string of the molecule is CCc1cccc(CC(=O)c2cc(Br)ccc2OCc2ccccc2)c1. The maximum atomic E-state index is 12.9. The molecule has 3 aromatic carbocycles. The van der Waals surface area contributed by atoms with E-state index >= 15 is 0 Å². The zero-order valence-corrected chi connectivity index (χ0v) is 16.3. The van der Waals surface area contributed by atoms with Crippen molar-refractivity contribution >= 4 is 21.7 Å². The smallest absolute Gasteiger partial charge is 0.170 e. The number of carbonyl (C=O) groups excluding carboxylic acids is 1. The van der Waals surface area contributed by atoms with Crippen LogP contribution >= 0.6 is 15.9 Å². The van der Waals surface area contributed by atoms with Crippen LogP contribution in [0.5, 0.6) is 5.75 Å². The van der Waals surface area contributed by atoms with E-state index in [1.165, 1.54) is 5.56 Å². The first-order valence-corrected chi connectivity index (χ1v) is 9.52. The predicted molar refractivity (Wildman–Crippen MR) is 109 cm³/mol. The van der Waals surface area contributed by atoms with E-state index in [-0.39, 0.29) is 5.78 Å². The van der Waals surface area contributed by atoms with Gasteiger partial charge >= 0.3 is 0 Å². The van der Waals surface area contributed by atoms with Crippen LogP contribution in [-0.4, -0.2) is 5.78 Å². The Labute approximate surface area is 163 Å². The maximum Gasteiger partial charge on any atom is 0.170 e. The number of aryl methyl sites for hydroxylation is 1. The van der Waals surface area contributed by atoms with Gasteiger partial charge in [0.05, 0.1) is 5.56 Å². The van der Waals surface area contributed by atoms with Crippen molar-refractivity contribution in [1.82, 2.24) is 0 Å². The lowest BCUT2D eigenvalue weighted by Gasteiger charge is -2.12. The molecule has 0 spiro atoms. The van der Waals surface area contributed by atoms with E-state index in [2.05, 4.69) is 35.0 Å². The molecular formula is C23H21BrO2. The van der Waals surface area contributed by atoms with Crippen LogP contribution in [0.1, 0.15) is 34.0 Å². The first-order chi connectivity index (χ1) is 12.7. The highest BCUT2D eigenvalue weighted by molar-refractivity contribution is 9.10. The van der Waals surface area contributed by atoms with Gasteiger partial charge in [-0.1, -0.05) is 77.5 Å². The zero-order valence-electron chi connectivity index (χ0n) is 14.7. The van der Waals surface area contributed by atoms with Gasteiger partial charge in [0.15, 0.2) is 5.78 Å². The van der Waals surface area contributed by atoms with E-state index in [1.807, 2.05) is 60.7 Å². The number of benzene rings is 3. The summed E-state index contributed by atoms with van der Waals surface area (Å²) in [5.41, 5.74) is 3.95. The van der Waals surface area contributed by atoms with E-state index in [4.69, 9.17) is 4.74 Å². The van der Waals surface area contributed by atoms with E-state index in [9.17, 15) is 4.79 Å². The van der Waals surface area contributed by atoms with Gasteiger partial charge in [0, 0.05) is 10.9 Å². The molecule has 3 rings (SSSR count). The van der Waals surface area contributed by atoms with Gasteiger partial charge in [-0.3, -0.25) is 4.79 Å². The van der Waals surface area contributed by atoms with Crippen molar-refractivity contribution in [2.45, 2.75) is 26.4 Å². The summed E-state index contributed by atoms with van der Waals surface area (Å²) < 4.78 is 6.81. The summed E-state index contributed by atoms with van der Waals surface area (Å²) >= 11 is 3.46. The summed E-state index contributed by atoms with van der Waals surface area (Å²) in [6.07, 6.45) is 1.33. The fourth-order valence-electron chi connectivity index (χ4n) is 2.82. The molecule has 0 saturated heterocycles. The molecule has 26 heavy (non-hydrogen) atoms. The van der Waals surface area contributed by atoms with Crippen LogP contribution in [-0.2, 0) is 19.4 Å². The summed E-state index contributed by atoms with van der Waals surface area (Å²) in [6, 6.07) is 23.7. The summed E-state index contributed by atoms with van der Waals surface area (Å²) in [5, 5.41) is 0. The molecule has 0 saturated carbocycles. The first-order valence-electron chi connectivity index (χ1n) is 8.73. The van der Waals surface area contributed by atoms with Crippen molar-refractivity contribution in [2.24, 2.45) is 0 Å². The van der Waals surface area contributed by atoms with Crippen LogP contribution in [0.4, 0.5) is 0 Å². The number of ketones is 1. The molecule has 132 valence electrons. The summed E-state index contributed by atoms with van der Waals surface area (Å²) in [5.74, 6) is 0.677. The average Bonchev–Trinajstić information content (AvgIpc) is 2.68. The number of rotatable bonds is 7. The molecule has 2 nitrogen and oxygen atoms in total. The Morgan fingerprint density at radius 2 is 1.62 bits per heavy atom. The minimum absolute atomic E-state index is 0.0580. The minimum atomic E-state index is 0.0580. The largest absolute Gasteiger partial charge is 0.488 e. The van der Waals surface area contributed by atoms with Crippen molar-refractivity contribution in [1.29, 1.82) is 0 Å². The second kappa shape index (κ2) is 8.81. The third kappa shape index (κ3) is 4.83. The van der Waals surface area contributed by atoms with Crippen molar-refractivity contribution in [3.63, 3.8) is 0 Å². The quantitative estimate of drug-likeness (QED) is 0.447. The van der Waals surface area contributed by atoms with Crippen LogP contribution < -0.4 is 4.74 Å². The van der Waals surface area contributed by atoms with Gasteiger partial charge in [-0.2, -0.15) is 0 Å². The van der Waals surface area contributed by atoms with Gasteiger partial charge in [-0.25, -0.2) is 0 Å². The van der Waals surface area contributed by atoms with Crippen LogP contribution in [0.25, 0.3) is 0 Å². The molecule has 0 fully saturated rings. The molecule has 3 aromatic rings. The Morgan fingerprint density at radius 1 is 0.885 bits per heavy atom. The highest BCUT2D eigenvalue weighted by Gasteiger charge is 2.14. The second-order valence-electron chi connectivity index (χ2n) is 6.19. The van der Waals surface area contributed by atoms with Crippen LogP contribution in [0, 0.1) is 0 Å². The lowest BCUT2D eigenvalue weighted by atomic mass is 10.00. The van der Waals surface area contributed by atoms with Gasteiger partial charge in [-0.15, -0.1) is 0 Å². The minimum Gasteiger partial charge on any atom is -0.488 e. The van der Waals surface area contributed by atoms with Crippen molar-refractivity contribution in [3.8, 4) is 5.75 Å². The van der Waals surface area contributed by atoms with Crippen molar-refractivity contribution in [3.05, 3.63) is 99.5 Å². The highest BCUT2D eigenvalue weighted by atomic mass is 79.9. The lowest BCUT2D eigenvalue weighted by molar-refractivity contribution is 0.0988. The number of halogens is 1. The molecule has 0 amide bonds. The monoisotopic (exact) mass is 408 g/mol. The van der Waals surface area contributed by atoms with Gasteiger partial charge in [0.25, 0.3) is 0 Å². The Balaban J connectivity index is 1.79. The molecule has 0 aromatic heterocycles. The molecule has 0 N–H and O–H groups in total. The normalized spacial score (nSPS) is 10.5. The molecule has 0 bridgehead atoms. The van der Waals surface area contributed by atoms with Crippen molar-refractivity contribution in [2.75, 3.05) is 0 Å². The van der Waals surface area contributed by atoms with Gasteiger partial charge in [0.1, 0.15) is 12.4 Å². The summed E-state index contributed by atoms with van der Waals surface area (Å²) in [4.78, 5) is 12.9. The van der Waals surface area contributed by atoms with Gasteiger partial charge in [-0.05, 0) is 41.3 Å². The number of Topliss-reactive ketones (excluding diaryl/α,β-unsaturated/α-hetero) is 1. The molecule has 3 heteroatoms. The molecule has 0 unspecified atom stereocenters. The van der Waals surface area contributed by atoms with E-state index in [0.717, 1.165) is 22.0 Å². The number of ether oxygens (including phenoxy) is 1. The zero-order chi connectivity index (χ0) is 18.4. The molecule has 0 aliphatic heterocycles. The Hall–Kier alpha value is -2.39. The Morgan fingerprint density at radius 3 is 2.38 bits per heavy atom. The van der Waals surface area contributed by atoms with Gasteiger partial charge in [0.2, 0.25) is 0 Å². The van der Waals surface area contributed by atoms with E-state index in [1.54, 1.807) is 0 Å². The number of carbonyl (C=O) groups is 1.